The van der Waals surface area contributed by atoms with Gasteiger partial charge in [-0.1, -0.05) is 13.0 Å². The van der Waals surface area contributed by atoms with Gasteiger partial charge in [-0.3, -0.25) is 0 Å². The Bertz CT molecular complexity index is 1960. The van der Waals surface area contributed by atoms with Crippen LogP contribution in [-0.2, 0) is 16.9 Å². The van der Waals surface area contributed by atoms with Gasteiger partial charge in [0, 0.05) is 55.1 Å². The number of nitrogens with zero attached hydrogens (tertiary/aromatic N) is 8. The van der Waals surface area contributed by atoms with Crippen molar-refractivity contribution in [1.29, 1.82) is 0 Å². The van der Waals surface area contributed by atoms with E-state index in [9.17, 15) is 18.7 Å². The Kier molecular flexibility index (Phi) is 9.87. The van der Waals surface area contributed by atoms with Crippen molar-refractivity contribution in [3.63, 3.8) is 0 Å². The predicted octanol–water partition coefficient (Wildman–Crippen LogP) is 4.57. The molecule has 0 aliphatic carbocycles. The molecule has 2 fully saturated rings. The lowest BCUT2D eigenvalue weighted by atomic mass is 9.87. The standard InChI is InChI=1S/C37H42F2N8O4/c1-3-35(26(2)48)47-36(49)46(25-42-47)31-7-5-29(6-8-31)43-14-16-44(17-15-43)30-9-11-32(12-10-30)50-20-27-19-37(51-21-27,22-45-24-40-23-41-45)33-13-4-28(38)18-34(33)39/h4-13,18,23-27,35,48H,3,14-17,19-22H2,1-2H3/t26-,27-,35+,37-/m1/s1. The fraction of sp³-hybridized carbons (Fsp3) is 0.405. The third kappa shape index (κ3) is 7.24. The van der Waals surface area contributed by atoms with E-state index in [-0.39, 0.29) is 24.2 Å². The normalized spacial score (nSPS) is 20.5. The largest absolute Gasteiger partial charge is 0.493 e. The van der Waals surface area contributed by atoms with Gasteiger partial charge in [-0.2, -0.15) is 10.2 Å². The minimum atomic E-state index is -1.02. The number of aliphatic hydroxyl groups excluding tert-OH is 1. The smallest absolute Gasteiger partial charge is 0.350 e. The fourth-order valence-electron chi connectivity index (χ4n) is 7.24. The summed E-state index contributed by atoms with van der Waals surface area (Å²) in [6.07, 6.45) is 4.88. The van der Waals surface area contributed by atoms with Gasteiger partial charge in [0.25, 0.3) is 0 Å². The van der Waals surface area contributed by atoms with Gasteiger partial charge in [-0.05, 0) is 74.4 Å². The van der Waals surface area contributed by atoms with Crippen molar-refractivity contribution in [3.8, 4) is 11.4 Å². The van der Waals surface area contributed by atoms with E-state index in [1.807, 2.05) is 43.3 Å². The van der Waals surface area contributed by atoms with Gasteiger partial charge >= 0.3 is 5.69 Å². The molecular formula is C37H42F2N8O4. The molecule has 0 bridgehead atoms. The number of anilines is 2. The Hall–Kier alpha value is -5.08. The SMILES string of the molecule is CC[C@@H]([C@@H](C)O)n1ncn(-c2ccc(N3CCN(c4ccc(OC[C@@H]5CO[C@](Cn6cncn6)(c6ccc(F)cc6F)C5)cc4)CC3)cc2)c1=O. The Morgan fingerprint density at radius 3 is 2.22 bits per heavy atom. The second-order valence-corrected chi connectivity index (χ2v) is 13.3. The van der Waals surface area contributed by atoms with Crippen molar-refractivity contribution in [2.24, 2.45) is 5.92 Å². The van der Waals surface area contributed by atoms with Crippen molar-refractivity contribution >= 4 is 11.4 Å². The summed E-state index contributed by atoms with van der Waals surface area (Å²) in [5.41, 5.74) is 1.93. The van der Waals surface area contributed by atoms with Gasteiger partial charge in [0.15, 0.2) is 0 Å². The van der Waals surface area contributed by atoms with Crippen LogP contribution in [0.1, 0.15) is 38.3 Å². The molecule has 3 aromatic carbocycles. The van der Waals surface area contributed by atoms with Crippen molar-refractivity contribution in [1.82, 2.24) is 29.1 Å². The topological polar surface area (TPSA) is 116 Å². The molecule has 0 saturated carbocycles. The quantitative estimate of drug-likeness (QED) is 0.200. The maximum absolute atomic E-state index is 15.0. The van der Waals surface area contributed by atoms with Crippen LogP contribution in [0.4, 0.5) is 20.2 Å². The lowest BCUT2D eigenvalue weighted by molar-refractivity contribution is -0.0206. The van der Waals surface area contributed by atoms with Crippen LogP contribution < -0.4 is 20.2 Å². The summed E-state index contributed by atoms with van der Waals surface area (Å²) in [6.45, 7) is 7.97. The molecule has 0 amide bonds. The molecular weight excluding hydrogens is 658 g/mol. The lowest BCUT2D eigenvalue weighted by Gasteiger charge is -2.37. The van der Waals surface area contributed by atoms with Crippen LogP contribution >= 0.6 is 0 Å². The molecule has 12 nitrogen and oxygen atoms in total. The van der Waals surface area contributed by atoms with Crippen LogP contribution in [0.25, 0.3) is 5.69 Å². The molecule has 1 N–H and O–H groups in total. The highest BCUT2D eigenvalue weighted by Crippen LogP contribution is 2.42. The molecule has 4 atom stereocenters. The lowest BCUT2D eigenvalue weighted by Crippen LogP contribution is -2.46. The number of aliphatic hydroxyl groups is 1. The maximum Gasteiger partial charge on any atom is 0.350 e. The number of hydrogen-bond acceptors (Lipinski definition) is 9. The predicted molar refractivity (Wildman–Crippen MR) is 187 cm³/mol. The first-order valence-corrected chi connectivity index (χ1v) is 17.3. The third-order valence-corrected chi connectivity index (χ3v) is 9.96. The summed E-state index contributed by atoms with van der Waals surface area (Å²) < 4.78 is 45.6. The summed E-state index contributed by atoms with van der Waals surface area (Å²) >= 11 is 0. The Morgan fingerprint density at radius 1 is 0.941 bits per heavy atom. The van der Waals surface area contributed by atoms with Gasteiger partial charge in [-0.25, -0.2) is 32.5 Å². The van der Waals surface area contributed by atoms with E-state index >= 15 is 0 Å². The third-order valence-electron chi connectivity index (χ3n) is 9.96. The second-order valence-electron chi connectivity index (χ2n) is 13.3. The number of ether oxygens (including phenoxy) is 2. The molecule has 2 aliphatic heterocycles. The average molecular weight is 701 g/mol. The van der Waals surface area contributed by atoms with Crippen molar-refractivity contribution < 1.29 is 23.4 Å². The highest BCUT2D eigenvalue weighted by molar-refractivity contribution is 5.54. The van der Waals surface area contributed by atoms with Crippen molar-refractivity contribution in [3.05, 3.63) is 113 Å². The van der Waals surface area contributed by atoms with Crippen LogP contribution in [0.5, 0.6) is 5.75 Å². The summed E-state index contributed by atoms with van der Waals surface area (Å²) in [4.78, 5) is 21.7. The first-order valence-electron chi connectivity index (χ1n) is 17.3. The number of aromatic nitrogens is 6. The molecule has 2 aliphatic rings. The van der Waals surface area contributed by atoms with Gasteiger partial charge in [0.2, 0.25) is 0 Å². The van der Waals surface area contributed by atoms with Crippen LogP contribution in [0, 0.1) is 17.6 Å². The first kappa shape index (κ1) is 34.4. The molecule has 0 radical (unpaired) electrons. The second kappa shape index (κ2) is 14.6. The molecule has 14 heteroatoms. The van der Waals surface area contributed by atoms with Gasteiger partial charge in [-0.15, -0.1) is 0 Å². The number of halogens is 2. The highest BCUT2D eigenvalue weighted by Gasteiger charge is 2.44. The minimum absolute atomic E-state index is 0.0121. The highest BCUT2D eigenvalue weighted by atomic mass is 19.1. The van der Waals surface area contributed by atoms with E-state index < -0.39 is 23.3 Å². The number of rotatable bonds is 12. The fourth-order valence-corrected chi connectivity index (χ4v) is 7.24. The maximum atomic E-state index is 15.0. The molecule has 0 spiro atoms. The summed E-state index contributed by atoms with van der Waals surface area (Å²) in [6, 6.07) is 19.2. The van der Waals surface area contributed by atoms with Crippen LogP contribution in [0.3, 0.4) is 0 Å². The summed E-state index contributed by atoms with van der Waals surface area (Å²) in [5.74, 6) is -0.563. The molecule has 2 aromatic heterocycles. The molecule has 4 heterocycles. The van der Waals surface area contributed by atoms with Gasteiger partial charge < -0.3 is 24.4 Å². The Labute approximate surface area is 294 Å². The molecule has 2 saturated heterocycles. The van der Waals surface area contributed by atoms with Crippen molar-refractivity contribution in [2.75, 3.05) is 49.2 Å². The van der Waals surface area contributed by atoms with E-state index in [1.54, 1.807) is 17.9 Å². The van der Waals surface area contributed by atoms with E-state index in [0.717, 1.165) is 55.1 Å². The molecule has 5 aromatic rings. The number of hydrogen-bond donors (Lipinski definition) is 1. The monoisotopic (exact) mass is 700 g/mol. The molecule has 7 rings (SSSR count). The molecule has 268 valence electrons. The first-order chi connectivity index (χ1) is 24.7. The van der Waals surface area contributed by atoms with Gasteiger partial charge in [0.1, 0.15) is 42.0 Å². The Morgan fingerprint density at radius 2 is 1.61 bits per heavy atom. The average Bonchev–Trinajstić information content (AvgIpc) is 3.90. The zero-order valence-electron chi connectivity index (χ0n) is 28.7. The Balaban J connectivity index is 0.923. The van der Waals surface area contributed by atoms with E-state index in [0.29, 0.717) is 31.6 Å². The van der Waals surface area contributed by atoms with Crippen LogP contribution in [-0.4, -0.2) is 79.7 Å². The van der Waals surface area contributed by atoms with E-state index in [2.05, 4.69) is 37.1 Å². The van der Waals surface area contributed by atoms with Crippen LogP contribution in [0.15, 0.2) is 90.5 Å². The number of piperazine rings is 1. The molecule has 0 unspecified atom stereocenters. The zero-order valence-corrected chi connectivity index (χ0v) is 28.7. The van der Waals surface area contributed by atoms with Crippen LogP contribution in [0.2, 0.25) is 0 Å². The number of benzene rings is 3. The van der Waals surface area contributed by atoms with Gasteiger partial charge in [0.05, 0.1) is 37.6 Å². The zero-order chi connectivity index (χ0) is 35.5. The van der Waals surface area contributed by atoms with E-state index in [4.69, 9.17) is 9.47 Å². The summed E-state index contributed by atoms with van der Waals surface area (Å²) in [7, 11) is 0. The minimum Gasteiger partial charge on any atom is -0.493 e. The van der Waals surface area contributed by atoms with E-state index in [1.165, 1.54) is 34.0 Å². The van der Waals surface area contributed by atoms with Crippen molar-refractivity contribution in [2.45, 2.75) is 51.0 Å². The summed E-state index contributed by atoms with van der Waals surface area (Å²) in [5, 5.41) is 18.5. The molecule has 51 heavy (non-hydrogen) atoms.